The van der Waals surface area contributed by atoms with Crippen molar-refractivity contribution in [3.63, 3.8) is 0 Å². The van der Waals surface area contributed by atoms with E-state index in [4.69, 9.17) is 4.42 Å². The summed E-state index contributed by atoms with van der Waals surface area (Å²) >= 11 is 0. The molecule has 1 unspecified atom stereocenters. The third-order valence-corrected chi connectivity index (χ3v) is 2.89. The van der Waals surface area contributed by atoms with Crippen LogP contribution in [0.2, 0.25) is 0 Å². The first kappa shape index (κ1) is 13.2. The molecular weight excluding hydrogens is 253 g/mol. The van der Waals surface area contributed by atoms with Crippen LogP contribution in [-0.4, -0.2) is 10.0 Å². The minimum atomic E-state index is -1.16. The van der Waals surface area contributed by atoms with Crippen LogP contribution in [0.4, 0.5) is 10.3 Å². The Morgan fingerprint density at radius 2 is 1.89 bits per heavy atom. The molecular formula is C13H12FNO4. The van der Waals surface area contributed by atoms with Crippen molar-refractivity contribution in [1.82, 2.24) is 0 Å². The minimum absolute atomic E-state index is 0.0597. The number of hydrogen-bond donors (Lipinski definition) is 1. The molecule has 6 heteroatoms. The summed E-state index contributed by atoms with van der Waals surface area (Å²) in [5.41, 5.74) is 1.61. The van der Waals surface area contributed by atoms with Crippen LogP contribution in [0.15, 0.2) is 28.7 Å². The van der Waals surface area contributed by atoms with Crippen molar-refractivity contribution in [1.29, 1.82) is 0 Å². The van der Waals surface area contributed by atoms with Crippen molar-refractivity contribution in [2.45, 2.75) is 20.0 Å². The fourth-order valence-corrected chi connectivity index (χ4v) is 2.08. The van der Waals surface area contributed by atoms with Crippen molar-refractivity contribution in [2.24, 2.45) is 0 Å². The molecule has 0 saturated heterocycles. The van der Waals surface area contributed by atoms with Gasteiger partial charge in [0.1, 0.15) is 22.6 Å². The zero-order valence-corrected chi connectivity index (χ0v) is 10.4. The third-order valence-electron chi connectivity index (χ3n) is 2.89. The zero-order chi connectivity index (χ0) is 14.2. The number of hydrogen-bond acceptors (Lipinski definition) is 4. The Morgan fingerprint density at radius 1 is 1.32 bits per heavy atom. The average molecular weight is 265 g/mol. The van der Waals surface area contributed by atoms with Crippen LogP contribution in [0.3, 0.4) is 0 Å². The fourth-order valence-electron chi connectivity index (χ4n) is 2.08. The van der Waals surface area contributed by atoms with Crippen molar-refractivity contribution < 1.29 is 18.8 Å². The second-order valence-corrected chi connectivity index (χ2v) is 4.29. The summed E-state index contributed by atoms with van der Waals surface area (Å²) in [6, 6.07) is 5.10. The van der Waals surface area contributed by atoms with E-state index in [0.717, 1.165) is 0 Å². The van der Waals surface area contributed by atoms with Crippen LogP contribution in [0.25, 0.3) is 0 Å². The maximum atomic E-state index is 13.2. The lowest BCUT2D eigenvalue weighted by Crippen LogP contribution is -2.04. The molecule has 1 N–H and O–H groups in total. The first-order chi connectivity index (χ1) is 8.90. The number of nitro groups is 1. The molecule has 5 nitrogen and oxygen atoms in total. The molecule has 0 fully saturated rings. The van der Waals surface area contributed by atoms with Gasteiger partial charge in [0, 0.05) is 0 Å². The van der Waals surface area contributed by atoms with Crippen LogP contribution < -0.4 is 0 Å². The van der Waals surface area contributed by atoms with Crippen molar-refractivity contribution in [2.75, 3.05) is 0 Å². The number of halogens is 1. The second-order valence-electron chi connectivity index (χ2n) is 4.29. The average Bonchev–Trinajstić information content (AvgIpc) is 2.76. The lowest BCUT2D eigenvalue weighted by molar-refractivity contribution is -0.402. The normalized spacial score (nSPS) is 12.4. The number of aryl methyl sites for hydroxylation is 2. The summed E-state index contributed by atoms with van der Waals surface area (Å²) in [6.07, 6.45) is -1.16. The highest BCUT2D eigenvalue weighted by atomic mass is 19.1. The van der Waals surface area contributed by atoms with Crippen molar-refractivity contribution >= 4 is 5.88 Å². The molecule has 1 aromatic carbocycles. The Hall–Kier alpha value is -2.21. The van der Waals surface area contributed by atoms with Gasteiger partial charge in [-0.3, -0.25) is 10.1 Å². The van der Waals surface area contributed by atoms with Crippen LogP contribution in [0, 0.1) is 29.8 Å². The van der Waals surface area contributed by atoms with Crippen LogP contribution in [0.1, 0.15) is 28.6 Å². The summed E-state index contributed by atoms with van der Waals surface area (Å²) in [6.45, 7) is 3.32. The SMILES string of the molecule is Cc1cc(F)cc(C)c1C(O)c1ccc([N+](=O)[O-])o1. The van der Waals surface area contributed by atoms with Crippen LogP contribution in [0.5, 0.6) is 0 Å². The molecule has 0 bridgehead atoms. The quantitative estimate of drug-likeness (QED) is 0.683. The number of aliphatic hydroxyl groups is 1. The van der Waals surface area contributed by atoms with E-state index >= 15 is 0 Å². The van der Waals surface area contributed by atoms with Gasteiger partial charge in [-0.2, -0.15) is 0 Å². The maximum Gasteiger partial charge on any atom is 0.433 e. The lowest BCUT2D eigenvalue weighted by Gasteiger charge is -2.14. The summed E-state index contributed by atoms with van der Waals surface area (Å²) in [7, 11) is 0. The predicted octanol–water partition coefficient (Wildman–Crippen LogP) is 3.03. The number of furan rings is 1. The van der Waals surface area contributed by atoms with Gasteiger partial charge in [-0.15, -0.1) is 0 Å². The number of benzene rings is 1. The maximum absolute atomic E-state index is 13.2. The number of aliphatic hydroxyl groups excluding tert-OH is 1. The molecule has 0 aliphatic heterocycles. The van der Waals surface area contributed by atoms with E-state index in [1.165, 1.54) is 24.3 Å². The van der Waals surface area contributed by atoms with Gasteiger partial charge in [-0.25, -0.2) is 4.39 Å². The molecule has 1 atom stereocenters. The van der Waals surface area contributed by atoms with Gasteiger partial charge in [0.05, 0.1) is 6.07 Å². The van der Waals surface area contributed by atoms with E-state index in [0.29, 0.717) is 16.7 Å². The summed E-state index contributed by atoms with van der Waals surface area (Å²) in [5, 5.41) is 20.7. The van der Waals surface area contributed by atoms with Crippen molar-refractivity contribution in [3.8, 4) is 0 Å². The van der Waals surface area contributed by atoms with Crippen molar-refractivity contribution in [3.05, 3.63) is 62.6 Å². The smallest absolute Gasteiger partial charge is 0.403 e. The molecule has 19 heavy (non-hydrogen) atoms. The van der Waals surface area contributed by atoms with Gasteiger partial charge in [0.25, 0.3) is 0 Å². The van der Waals surface area contributed by atoms with E-state index in [1.807, 2.05) is 0 Å². The van der Waals surface area contributed by atoms with Gasteiger partial charge in [0.15, 0.2) is 0 Å². The van der Waals surface area contributed by atoms with E-state index in [-0.39, 0.29) is 5.76 Å². The lowest BCUT2D eigenvalue weighted by atomic mass is 9.96. The van der Waals surface area contributed by atoms with Gasteiger partial charge in [-0.05, 0) is 48.7 Å². The molecule has 0 amide bonds. The third kappa shape index (κ3) is 2.48. The van der Waals surface area contributed by atoms with Crippen LogP contribution >= 0.6 is 0 Å². The first-order valence-corrected chi connectivity index (χ1v) is 5.59. The number of rotatable bonds is 3. The molecule has 2 rings (SSSR count). The number of nitrogens with zero attached hydrogens (tertiary/aromatic N) is 1. The Morgan fingerprint density at radius 3 is 2.37 bits per heavy atom. The first-order valence-electron chi connectivity index (χ1n) is 5.59. The Kier molecular flexibility index (Phi) is 3.35. The largest absolute Gasteiger partial charge is 0.433 e. The van der Waals surface area contributed by atoms with Gasteiger partial charge in [0.2, 0.25) is 0 Å². The predicted molar refractivity (Wildman–Crippen MR) is 65.3 cm³/mol. The Balaban J connectivity index is 2.43. The molecule has 2 aromatic rings. The molecule has 1 heterocycles. The highest BCUT2D eigenvalue weighted by Gasteiger charge is 2.22. The highest BCUT2D eigenvalue weighted by Crippen LogP contribution is 2.31. The highest BCUT2D eigenvalue weighted by molar-refractivity contribution is 5.39. The Bertz CT molecular complexity index is 612. The van der Waals surface area contributed by atoms with Gasteiger partial charge in [-0.1, -0.05) is 0 Å². The van der Waals surface area contributed by atoms with E-state index in [2.05, 4.69) is 0 Å². The summed E-state index contributed by atoms with van der Waals surface area (Å²) in [5.74, 6) is -0.771. The Labute approximate surface area is 108 Å². The van der Waals surface area contributed by atoms with E-state index in [1.54, 1.807) is 13.8 Å². The standard InChI is InChI=1S/C13H12FNO4/c1-7-5-9(14)6-8(2)12(7)13(16)10-3-4-11(19-10)15(17)18/h3-6,13,16H,1-2H3. The molecule has 100 valence electrons. The molecule has 0 radical (unpaired) electrons. The fraction of sp³-hybridized carbons (Fsp3) is 0.231. The van der Waals surface area contributed by atoms with Gasteiger partial charge >= 0.3 is 5.88 Å². The monoisotopic (exact) mass is 265 g/mol. The topological polar surface area (TPSA) is 76.5 Å². The molecule has 0 aliphatic rings. The van der Waals surface area contributed by atoms with E-state index in [9.17, 15) is 19.6 Å². The minimum Gasteiger partial charge on any atom is -0.403 e. The molecule has 0 aliphatic carbocycles. The zero-order valence-electron chi connectivity index (χ0n) is 10.4. The molecule has 0 spiro atoms. The molecule has 1 aromatic heterocycles. The second kappa shape index (κ2) is 4.81. The molecule has 0 saturated carbocycles. The summed E-state index contributed by atoms with van der Waals surface area (Å²) in [4.78, 5) is 9.85. The van der Waals surface area contributed by atoms with Gasteiger partial charge < -0.3 is 9.52 Å². The summed E-state index contributed by atoms with van der Waals surface area (Å²) < 4.78 is 18.1. The van der Waals surface area contributed by atoms with E-state index < -0.39 is 22.7 Å². The van der Waals surface area contributed by atoms with Crippen LogP contribution in [-0.2, 0) is 0 Å².